The van der Waals surface area contributed by atoms with E-state index in [1.807, 2.05) is 6.07 Å². The lowest BCUT2D eigenvalue weighted by Gasteiger charge is -2.18. The normalized spacial score (nSPS) is 16.0. The molecule has 1 unspecified atom stereocenters. The van der Waals surface area contributed by atoms with Crippen LogP contribution in [0.5, 0.6) is 11.5 Å². The number of ether oxygens (including phenoxy) is 2. The number of benzene rings is 1. The van der Waals surface area contributed by atoms with Crippen molar-refractivity contribution < 1.29 is 14.3 Å². The molecule has 0 radical (unpaired) electrons. The molecule has 0 saturated carbocycles. The number of dihydropyridines is 1. The minimum Gasteiger partial charge on any atom is -0.497 e. The average Bonchev–Trinajstić information content (AvgIpc) is 2.55. The second-order valence-electron chi connectivity index (χ2n) is 4.36. The summed E-state index contributed by atoms with van der Waals surface area (Å²) in [6, 6.07) is 6.79. The first-order valence-electron chi connectivity index (χ1n) is 6.42. The largest absolute Gasteiger partial charge is 0.497 e. The van der Waals surface area contributed by atoms with Gasteiger partial charge in [-0.05, 0) is 24.3 Å². The quantitative estimate of drug-likeness (QED) is 0.862. The summed E-state index contributed by atoms with van der Waals surface area (Å²) in [5.41, 5.74) is 0.303. The van der Waals surface area contributed by atoms with Gasteiger partial charge in [-0.2, -0.15) is 5.26 Å². The lowest BCUT2D eigenvalue weighted by Crippen LogP contribution is -2.44. The summed E-state index contributed by atoms with van der Waals surface area (Å²) >= 11 is 5.75. The standard InChI is InChI=1S/C15H14ClN3O3/c1-21-12-3-4-13(10(6-12)7-17)22-9-15(20)19-14-5-2-11(16)8-18-14/h2-6,8,14,18H,9H2,1H3,(H,19,20). The van der Waals surface area contributed by atoms with Gasteiger partial charge >= 0.3 is 0 Å². The van der Waals surface area contributed by atoms with Crippen LogP contribution < -0.4 is 20.1 Å². The Labute approximate surface area is 133 Å². The van der Waals surface area contributed by atoms with E-state index in [0.717, 1.165) is 0 Å². The van der Waals surface area contributed by atoms with Crippen LogP contribution in [0.25, 0.3) is 0 Å². The topological polar surface area (TPSA) is 83.4 Å². The lowest BCUT2D eigenvalue weighted by atomic mass is 10.2. The van der Waals surface area contributed by atoms with Crippen molar-refractivity contribution in [2.75, 3.05) is 13.7 Å². The first kappa shape index (κ1) is 15.7. The van der Waals surface area contributed by atoms with Gasteiger partial charge in [0.1, 0.15) is 23.7 Å². The molecule has 114 valence electrons. The number of allylic oxidation sites excluding steroid dienone is 2. The smallest absolute Gasteiger partial charge is 0.259 e. The Bertz CT molecular complexity index is 664. The number of halogens is 1. The van der Waals surface area contributed by atoms with Crippen molar-refractivity contribution in [2.24, 2.45) is 0 Å². The Morgan fingerprint density at radius 2 is 2.36 bits per heavy atom. The summed E-state index contributed by atoms with van der Waals surface area (Å²) in [7, 11) is 1.51. The van der Waals surface area contributed by atoms with E-state index in [1.165, 1.54) is 7.11 Å². The maximum absolute atomic E-state index is 11.8. The third-order valence-electron chi connectivity index (χ3n) is 2.83. The van der Waals surface area contributed by atoms with Gasteiger partial charge in [0.05, 0.1) is 17.7 Å². The van der Waals surface area contributed by atoms with Crippen LogP contribution in [-0.2, 0) is 4.79 Å². The highest BCUT2D eigenvalue weighted by atomic mass is 35.5. The van der Waals surface area contributed by atoms with Crippen LogP contribution in [0, 0.1) is 11.3 Å². The molecule has 0 bridgehead atoms. The number of rotatable bonds is 5. The fourth-order valence-electron chi connectivity index (χ4n) is 1.76. The SMILES string of the molecule is COc1ccc(OCC(=O)NC2C=CC(Cl)=CN2)c(C#N)c1. The first-order chi connectivity index (χ1) is 10.6. The van der Waals surface area contributed by atoms with Crippen LogP contribution >= 0.6 is 11.6 Å². The van der Waals surface area contributed by atoms with Crippen molar-refractivity contribution in [2.45, 2.75) is 6.17 Å². The maximum Gasteiger partial charge on any atom is 0.259 e. The fraction of sp³-hybridized carbons (Fsp3) is 0.200. The van der Waals surface area contributed by atoms with Crippen LogP contribution in [0.1, 0.15) is 5.56 Å². The van der Waals surface area contributed by atoms with Crippen LogP contribution in [0.2, 0.25) is 0 Å². The number of hydrogen-bond acceptors (Lipinski definition) is 5. The number of nitriles is 1. The van der Waals surface area contributed by atoms with Crippen LogP contribution in [0.15, 0.2) is 41.6 Å². The van der Waals surface area contributed by atoms with Crippen molar-refractivity contribution in [3.8, 4) is 17.6 Å². The number of hydrogen-bond donors (Lipinski definition) is 2. The molecular formula is C15H14ClN3O3. The molecule has 1 aromatic carbocycles. The van der Waals surface area contributed by atoms with Gasteiger partial charge in [-0.3, -0.25) is 4.79 Å². The van der Waals surface area contributed by atoms with Crippen molar-refractivity contribution in [1.29, 1.82) is 5.26 Å². The van der Waals surface area contributed by atoms with Crippen LogP contribution in [-0.4, -0.2) is 25.8 Å². The summed E-state index contributed by atoms with van der Waals surface area (Å²) in [5, 5.41) is 15.2. The van der Waals surface area contributed by atoms with Crippen LogP contribution in [0.4, 0.5) is 0 Å². The highest BCUT2D eigenvalue weighted by Crippen LogP contribution is 2.23. The van der Waals surface area contributed by atoms with Crippen LogP contribution in [0.3, 0.4) is 0 Å². The van der Waals surface area contributed by atoms with E-state index in [-0.39, 0.29) is 18.7 Å². The van der Waals surface area contributed by atoms with Crippen molar-refractivity contribution in [3.63, 3.8) is 0 Å². The van der Waals surface area contributed by atoms with E-state index in [4.69, 9.17) is 26.3 Å². The minimum atomic E-state index is -0.343. The molecule has 7 heteroatoms. The van der Waals surface area contributed by atoms with E-state index in [0.29, 0.717) is 22.1 Å². The molecule has 1 aromatic rings. The van der Waals surface area contributed by atoms with Gasteiger partial charge in [0, 0.05) is 12.3 Å². The number of nitrogens with one attached hydrogen (secondary N) is 2. The third-order valence-corrected chi connectivity index (χ3v) is 3.07. The summed E-state index contributed by atoms with van der Waals surface area (Å²) < 4.78 is 10.4. The Morgan fingerprint density at radius 3 is 3.00 bits per heavy atom. The van der Waals surface area contributed by atoms with E-state index in [2.05, 4.69) is 10.6 Å². The molecule has 2 rings (SSSR count). The molecule has 22 heavy (non-hydrogen) atoms. The average molecular weight is 320 g/mol. The molecule has 1 atom stereocenters. The zero-order valence-corrected chi connectivity index (χ0v) is 12.6. The molecule has 0 fully saturated rings. The summed E-state index contributed by atoms with van der Waals surface area (Å²) in [4.78, 5) is 11.8. The third kappa shape index (κ3) is 4.17. The van der Waals surface area contributed by atoms with E-state index in [9.17, 15) is 4.79 Å². The van der Waals surface area contributed by atoms with Gasteiger partial charge in [-0.1, -0.05) is 11.6 Å². The Hall–Kier alpha value is -2.65. The predicted molar refractivity (Wildman–Crippen MR) is 81.3 cm³/mol. The van der Waals surface area contributed by atoms with E-state index >= 15 is 0 Å². The van der Waals surface area contributed by atoms with Gasteiger partial charge in [0.2, 0.25) is 0 Å². The Morgan fingerprint density at radius 1 is 1.55 bits per heavy atom. The van der Waals surface area contributed by atoms with Crippen molar-refractivity contribution in [1.82, 2.24) is 10.6 Å². The number of carbonyl (C=O) groups is 1. The zero-order chi connectivity index (χ0) is 15.9. The predicted octanol–water partition coefficient (Wildman–Crippen LogP) is 1.63. The molecular weight excluding hydrogens is 306 g/mol. The van der Waals surface area contributed by atoms with E-state index < -0.39 is 0 Å². The molecule has 0 spiro atoms. The first-order valence-corrected chi connectivity index (χ1v) is 6.80. The van der Waals surface area contributed by atoms with Gasteiger partial charge in [0.25, 0.3) is 5.91 Å². The minimum absolute atomic E-state index is 0.204. The highest BCUT2D eigenvalue weighted by Gasteiger charge is 2.12. The summed E-state index contributed by atoms with van der Waals surface area (Å²) in [6.07, 6.45) is 4.64. The number of nitrogens with zero attached hydrogens (tertiary/aromatic N) is 1. The summed E-state index contributed by atoms with van der Waals surface area (Å²) in [5.74, 6) is 0.551. The molecule has 0 saturated heterocycles. The second kappa shape index (κ2) is 7.38. The molecule has 1 heterocycles. The zero-order valence-electron chi connectivity index (χ0n) is 11.8. The van der Waals surface area contributed by atoms with Gasteiger partial charge < -0.3 is 20.1 Å². The van der Waals surface area contributed by atoms with Gasteiger partial charge in [-0.15, -0.1) is 0 Å². The molecule has 6 nitrogen and oxygen atoms in total. The Balaban J connectivity index is 1.89. The van der Waals surface area contributed by atoms with Crippen molar-refractivity contribution >= 4 is 17.5 Å². The molecule has 1 aliphatic rings. The number of carbonyl (C=O) groups excluding carboxylic acids is 1. The molecule has 1 amide bonds. The molecule has 0 aliphatic carbocycles. The monoisotopic (exact) mass is 319 g/mol. The second-order valence-corrected chi connectivity index (χ2v) is 4.80. The Kier molecular flexibility index (Phi) is 5.28. The maximum atomic E-state index is 11.8. The molecule has 2 N–H and O–H groups in total. The number of amides is 1. The van der Waals surface area contributed by atoms with Gasteiger partial charge in [-0.25, -0.2) is 0 Å². The summed E-state index contributed by atoms with van der Waals surface area (Å²) in [6.45, 7) is -0.204. The number of methoxy groups -OCH3 is 1. The molecule has 0 aromatic heterocycles. The lowest BCUT2D eigenvalue weighted by molar-refractivity contribution is -0.123. The highest BCUT2D eigenvalue weighted by molar-refractivity contribution is 6.31. The van der Waals surface area contributed by atoms with Crippen molar-refractivity contribution in [3.05, 3.63) is 47.1 Å². The van der Waals surface area contributed by atoms with Gasteiger partial charge in [0.15, 0.2) is 6.61 Å². The molecule has 1 aliphatic heterocycles. The fourth-order valence-corrected chi connectivity index (χ4v) is 1.89. The van der Waals surface area contributed by atoms with E-state index in [1.54, 1.807) is 36.6 Å².